The number of hydrogen-bond acceptors (Lipinski definition) is 5. The van der Waals surface area contributed by atoms with Crippen molar-refractivity contribution in [2.24, 2.45) is 0 Å². The van der Waals surface area contributed by atoms with Crippen molar-refractivity contribution in [1.82, 2.24) is 14.1 Å². The maximum atomic E-state index is 13.0. The number of benzene rings is 1. The van der Waals surface area contributed by atoms with Crippen LogP contribution in [0.1, 0.15) is 42.5 Å². The second-order valence-electron chi connectivity index (χ2n) is 5.74. The fourth-order valence-electron chi connectivity index (χ4n) is 2.93. The van der Waals surface area contributed by atoms with Crippen molar-refractivity contribution in [2.75, 3.05) is 19.7 Å². The summed E-state index contributed by atoms with van der Waals surface area (Å²) in [6.07, 6.45) is 0. The van der Waals surface area contributed by atoms with Crippen molar-refractivity contribution in [1.29, 1.82) is 0 Å². The third-order valence-electron chi connectivity index (χ3n) is 4.14. The molecule has 0 aliphatic heterocycles. The van der Waals surface area contributed by atoms with Crippen LogP contribution < -0.4 is 4.74 Å². The third kappa shape index (κ3) is 3.52. The summed E-state index contributed by atoms with van der Waals surface area (Å²) in [7, 11) is -3.71. The van der Waals surface area contributed by atoms with Crippen molar-refractivity contribution in [2.45, 2.75) is 39.5 Å². The fraction of sp³-hybridized carbons (Fsp3) is 0.444. The summed E-state index contributed by atoms with van der Waals surface area (Å²) in [5, 5.41) is 4.21. The highest BCUT2D eigenvalue weighted by Gasteiger charge is 2.31. The molecule has 0 saturated carbocycles. The monoisotopic (exact) mass is 379 g/mol. The van der Waals surface area contributed by atoms with Gasteiger partial charge in [-0.2, -0.15) is 14.1 Å². The summed E-state index contributed by atoms with van der Waals surface area (Å²) in [4.78, 5) is 13.1. The van der Waals surface area contributed by atoms with E-state index in [2.05, 4.69) is 5.10 Å². The van der Waals surface area contributed by atoms with E-state index in [-0.39, 0.29) is 4.90 Å². The second-order valence-corrected chi connectivity index (χ2v) is 7.61. The van der Waals surface area contributed by atoms with E-state index >= 15 is 0 Å². The Labute approximate surface area is 154 Å². The van der Waals surface area contributed by atoms with Gasteiger partial charge in [-0.05, 0) is 32.9 Å². The molecule has 0 N–H and O–H groups in total. The predicted molar refractivity (Wildman–Crippen MR) is 99.1 cm³/mol. The number of para-hydroxylation sites is 1. The highest BCUT2D eigenvalue weighted by molar-refractivity contribution is 7.89. The lowest BCUT2D eigenvalue weighted by Gasteiger charge is -2.18. The van der Waals surface area contributed by atoms with Gasteiger partial charge in [0.2, 0.25) is 10.0 Å². The summed E-state index contributed by atoms with van der Waals surface area (Å²) in [5.74, 6) is 0.0244. The van der Waals surface area contributed by atoms with E-state index in [1.807, 2.05) is 6.92 Å². The molecule has 0 aliphatic rings. The van der Waals surface area contributed by atoms with Crippen LogP contribution in [0.15, 0.2) is 29.2 Å². The highest BCUT2D eigenvalue weighted by Crippen LogP contribution is 2.26. The molecule has 7 nitrogen and oxygen atoms in total. The molecule has 26 heavy (non-hydrogen) atoms. The first kappa shape index (κ1) is 20.1. The van der Waals surface area contributed by atoms with E-state index in [9.17, 15) is 13.2 Å². The summed E-state index contributed by atoms with van der Waals surface area (Å²) < 4.78 is 33.8. The molecule has 2 aromatic rings. The molecule has 1 heterocycles. The Kier molecular flexibility index (Phi) is 6.20. The molecule has 2 rings (SSSR count). The smallest absolute Gasteiger partial charge is 0.282 e. The van der Waals surface area contributed by atoms with Crippen molar-refractivity contribution in [3.8, 4) is 5.75 Å². The second kappa shape index (κ2) is 8.01. The van der Waals surface area contributed by atoms with E-state index in [1.54, 1.807) is 52.0 Å². The fourth-order valence-corrected chi connectivity index (χ4v) is 4.74. The Morgan fingerprint density at radius 1 is 1.15 bits per heavy atom. The minimum absolute atomic E-state index is 0.0865. The number of rotatable bonds is 7. The highest BCUT2D eigenvalue weighted by atomic mass is 32.2. The molecule has 0 amide bonds. The zero-order valence-electron chi connectivity index (χ0n) is 15.8. The first-order chi connectivity index (χ1) is 12.3. The van der Waals surface area contributed by atoms with Gasteiger partial charge in [-0.1, -0.05) is 26.0 Å². The van der Waals surface area contributed by atoms with E-state index in [4.69, 9.17) is 4.74 Å². The molecule has 1 aromatic carbocycles. The van der Waals surface area contributed by atoms with Gasteiger partial charge in [0.05, 0.1) is 23.6 Å². The maximum Gasteiger partial charge on any atom is 0.282 e. The van der Waals surface area contributed by atoms with Crippen LogP contribution in [0.25, 0.3) is 0 Å². The third-order valence-corrected chi connectivity index (χ3v) is 6.44. The van der Waals surface area contributed by atoms with Gasteiger partial charge in [0.15, 0.2) is 0 Å². The summed E-state index contributed by atoms with van der Waals surface area (Å²) in [5.41, 5.74) is 0.939. The van der Waals surface area contributed by atoms with E-state index in [0.29, 0.717) is 42.4 Å². The molecule has 0 atom stereocenters. The number of aryl methyl sites for hydroxylation is 1. The molecule has 0 spiro atoms. The van der Waals surface area contributed by atoms with Crippen molar-refractivity contribution < 1.29 is 17.9 Å². The largest absolute Gasteiger partial charge is 0.493 e. The van der Waals surface area contributed by atoms with Gasteiger partial charge in [0.1, 0.15) is 10.6 Å². The predicted octanol–water partition coefficient (Wildman–Crippen LogP) is 2.62. The van der Waals surface area contributed by atoms with Crippen molar-refractivity contribution >= 4 is 15.9 Å². The van der Waals surface area contributed by atoms with Gasteiger partial charge in [0, 0.05) is 13.1 Å². The van der Waals surface area contributed by atoms with Gasteiger partial charge in [-0.3, -0.25) is 4.79 Å². The summed E-state index contributed by atoms with van der Waals surface area (Å²) >= 11 is 0. The number of nitrogens with zero attached hydrogens (tertiary/aromatic N) is 3. The molecule has 8 heteroatoms. The normalized spacial score (nSPS) is 11.8. The maximum absolute atomic E-state index is 13.0. The number of carbonyl (C=O) groups excluding carboxylic acids is 1. The molecule has 0 unspecified atom stereocenters. The number of ether oxygens (including phenoxy) is 1. The van der Waals surface area contributed by atoms with Crippen LogP contribution in [0.5, 0.6) is 5.75 Å². The van der Waals surface area contributed by atoms with Gasteiger partial charge in [-0.15, -0.1) is 0 Å². The quantitative estimate of drug-likeness (QED) is 0.739. The summed E-state index contributed by atoms with van der Waals surface area (Å²) in [6.45, 7) is 9.70. The number of sulfonamides is 1. The van der Waals surface area contributed by atoms with Crippen LogP contribution in [0.2, 0.25) is 0 Å². The van der Waals surface area contributed by atoms with Gasteiger partial charge >= 0.3 is 0 Å². The molecule has 142 valence electrons. The molecule has 0 fully saturated rings. The first-order valence-electron chi connectivity index (χ1n) is 8.62. The Bertz CT molecular complexity index is 899. The average Bonchev–Trinajstić information content (AvgIpc) is 2.91. The van der Waals surface area contributed by atoms with Crippen LogP contribution in [-0.2, 0) is 10.0 Å². The molecule has 1 aromatic heterocycles. The number of carbonyl (C=O) groups is 1. The molecular formula is C18H25N3O4S. The van der Waals surface area contributed by atoms with Crippen LogP contribution in [0, 0.1) is 13.8 Å². The zero-order valence-corrected chi connectivity index (χ0v) is 16.6. The van der Waals surface area contributed by atoms with Gasteiger partial charge in [0.25, 0.3) is 5.91 Å². The number of aromatic nitrogens is 2. The molecule has 0 saturated heterocycles. The lowest BCUT2D eigenvalue weighted by Crippen LogP contribution is -2.31. The Hall–Kier alpha value is -2.19. The van der Waals surface area contributed by atoms with Crippen LogP contribution in [0.3, 0.4) is 0 Å². The number of hydrogen-bond donors (Lipinski definition) is 0. The van der Waals surface area contributed by atoms with E-state index < -0.39 is 15.9 Å². The van der Waals surface area contributed by atoms with Crippen molar-refractivity contribution in [3.63, 3.8) is 0 Å². The SMILES string of the molecule is CCOc1ccccc1C(=O)n1nc(C)c(S(=O)(=O)N(CC)CC)c1C. The Morgan fingerprint density at radius 3 is 2.35 bits per heavy atom. The van der Waals surface area contributed by atoms with Crippen LogP contribution in [0.4, 0.5) is 0 Å². The minimum atomic E-state index is -3.71. The summed E-state index contributed by atoms with van der Waals surface area (Å²) in [6, 6.07) is 6.85. The van der Waals surface area contributed by atoms with Crippen molar-refractivity contribution in [3.05, 3.63) is 41.2 Å². The van der Waals surface area contributed by atoms with E-state index in [1.165, 1.54) is 4.31 Å². The standard InChI is InChI=1S/C18H25N3O4S/c1-6-20(7-2)26(23,24)17-13(4)19-21(14(17)5)18(22)15-11-9-10-12-16(15)25-8-3/h9-12H,6-8H2,1-5H3. The molecule has 0 radical (unpaired) electrons. The van der Waals surface area contributed by atoms with Crippen LogP contribution in [-0.4, -0.2) is 48.1 Å². The molecule has 0 bridgehead atoms. The van der Waals surface area contributed by atoms with Gasteiger partial charge < -0.3 is 4.74 Å². The van der Waals surface area contributed by atoms with E-state index in [0.717, 1.165) is 4.68 Å². The minimum Gasteiger partial charge on any atom is -0.493 e. The zero-order chi connectivity index (χ0) is 19.5. The first-order valence-corrected chi connectivity index (χ1v) is 10.1. The molecule has 0 aliphatic carbocycles. The topological polar surface area (TPSA) is 81.5 Å². The lowest BCUT2D eigenvalue weighted by atomic mass is 10.2. The van der Waals surface area contributed by atoms with Crippen LogP contribution >= 0.6 is 0 Å². The molecular weight excluding hydrogens is 354 g/mol. The average molecular weight is 379 g/mol. The Morgan fingerprint density at radius 2 is 1.77 bits per heavy atom. The van der Waals surface area contributed by atoms with Gasteiger partial charge in [-0.25, -0.2) is 8.42 Å². The Balaban J connectivity index is 2.57. The lowest BCUT2D eigenvalue weighted by molar-refractivity contribution is 0.0938.